The Labute approximate surface area is 90.5 Å². The third-order valence-electron chi connectivity index (χ3n) is 1.92. The Kier molecular flexibility index (Phi) is 4.49. The molecule has 0 aliphatic carbocycles. The summed E-state index contributed by atoms with van der Waals surface area (Å²) in [5, 5.41) is 9.42. The molecule has 14 heavy (non-hydrogen) atoms. The smallest absolute Gasteiger partial charge is 0.0762 e. The van der Waals surface area contributed by atoms with Crippen LogP contribution in [-0.4, -0.2) is 10.9 Å². The largest absolute Gasteiger partial charge is 0.389 e. The molecule has 0 aliphatic rings. The second kappa shape index (κ2) is 5.42. The average molecular weight is 210 g/mol. The molecular formula is C12H18OS. The van der Waals surface area contributed by atoms with Crippen molar-refractivity contribution in [2.45, 2.75) is 31.8 Å². The minimum absolute atomic E-state index is 0.366. The van der Waals surface area contributed by atoms with Gasteiger partial charge in [-0.1, -0.05) is 26.0 Å². The molecule has 78 valence electrons. The van der Waals surface area contributed by atoms with Crippen molar-refractivity contribution < 1.29 is 5.11 Å². The maximum Gasteiger partial charge on any atom is 0.0762 e. The molecule has 0 aliphatic heterocycles. The first-order chi connectivity index (χ1) is 6.59. The molecule has 0 spiro atoms. The molecule has 0 fully saturated rings. The quantitative estimate of drug-likeness (QED) is 0.768. The Morgan fingerprint density at radius 2 is 2.00 bits per heavy atom. The molecule has 0 heterocycles. The summed E-state index contributed by atoms with van der Waals surface area (Å²) in [5.74, 6) is 1.83. The highest BCUT2D eigenvalue weighted by Crippen LogP contribution is 2.23. The molecule has 0 radical (unpaired) electrons. The van der Waals surface area contributed by atoms with Crippen molar-refractivity contribution in [1.29, 1.82) is 0 Å². The number of benzene rings is 1. The van der Waals surface area contributed by atoms with E-state index < -0.39 is 0 Å². The predicted octanol–water partition coefficient (Wildman–Crippen LogP) is 3.49. The highest BCUT2D eigenvalue weighted by atomic mass is 32.2. The Balaban J connectivity index is 2.64. The summed E-state index contributed by atoms with van der Waals surface area (Å²) in [6, 6.07) is 8.13. The molecule has 2 heteroatoms. The number of rotatable bonds is 4. The number of aliphatic hydroxyl groups excluding tert-OH is 1. The van der Waals surface area contributed by atoms with Crippen LogP contribution in [0.2, 0.25) is 0 Å². The van der Waals surface area contributed by atoms with E-state index in [2.05, 4.69) is 26.0 Å². The van der Waals surface area contributed by atoms with Gasteiger partial charge in [0, 0.05) is 10.6 Å². The Morgan fingerprint density at radius 3 is 2.57 bits per heavy atom. The molecule has 1 aromatic rings. The lowest BCUT2D eigenvalue weighted by atomic mass is 10.1. The minimum atomic E-state index is -0.366. The number of thioether (sulfide) groups is 1. The van der Waals surface area contributed by atoms with E-state index in [9.17, 15) is 5.11 Å². The van der Waals surface area contributed by atoms with Crippen LogP contribution >= 0.6 is 11.8 Å². The maximum absolute atomic E-state index is 9.42. The standard InChI is InChI=1S/C12H18OS/c1-9(2)8-14-12-6-4-5-11(7-12)10(3)13/h4-7,9-10,13H,8H2,1-3H3. The first-order valence-corrected chi connectivity index (χ1v) is 5.99. The molecule has 1 atom stereocenters. The second-order valence-electron chi connectivity index (χ2n) is 3.95. The van der Waals surface area contributed by atoms with E-state index in [-0.39, 0.29) is 6.10 Å². The van der Waals surface area contributed by atoms with Crippen LogP contribution in [0.15, 0.2) is 29.2 Å². The van der Waals surface area contributed by atoms with Gasteiger partial charge in [-0.05, 0) is 30.5 Å². The van der Waals surface area contributed by atoms with E-state index in [4.69, 9.17) is 0 Å². The van der Waals surface area contributed by atoms with Crippen molar-refractivity contribution in [3.63, 3.8) is 0 Å². The van der Waals surface area contributed by atoms with Crippen molar-refractivity contribution in [3.8, 4) is 0 Å². The zero-order chi connectivity index (χ0) is 10.6. The van der Waals surface area contributed by atoms with E-state index in [1.54, 1.807) is 6.92 Å². The molecule has 1 rings (SSSR count). The third kappa shape index (κ3) is 3.72. The van der Waals surface area contributed by atoms with Gasteiger partial charge in [0.05, 0.1) is 6.10 Å². The molecule has 1 unspecified atom stereocenters. The van der Waals surface area contributed by atoms with Crippen LogP contribution in [-0.2, 0) is 0 Å². The molecule has 0 saturated carbocycles. The van der Waals surface area contributed by atoms with Gasteiger partial charge in [-0.15, -0.1) is 11.8 Å². The predicted molar refractivity (Wildman–Crippen MR) is 62.6 cm³/mol. The molecule has 0 saturated heterocycles. The lowest BCUT2D eigenvalue weighted by Gasteiger charge is -2.08. The van der Waals surface area contributed by atoms with Gasteiger partial charge in [0.15, 0.2) is 0 Å². The van der Waals surface area contributed by atoms with Gasteiger partial charge in [0.1, 0.15) is 0 Å². The summed E-state index contributed by atoms with van der Waals surface area (Å²) in [6.07, 6.45) is -0.366. The second-order valence-corrected chi connectivity index (χ2v) is 5.05. The van der Waals surface area contributed by atoms with Crippen LogP contribution in [0.25, 0.3) is 0 Å². The van der Waals surface area contributed by atoms with E-state index >= 15 is 0 Å². The molecular weight excluding hydrogens is 192 g/mol. The molecule has 1 aromatic carbocycles. The summed E-state index contributed by atoms with van der Waals surface area (Å²) >= 11 is 1.85. The number of aliphatic hydroxyl groups is 1. The van der Waals surface area contributed by atoms with Gasteiger partial charge < -0.3 is 5.11 Å². The van der Waals surface area contributed by atoms with Gasteiger partial charge in [-0.2, -0.15) is 0 Å². The zero-order valence-electron chi connectivity index (χ0n) is 9.03. The molecule has 0 aromatic heterocycles. The molecule has 0 bridgehead atoms. The average Bonchev–Trinajstić information content (AvgIpc) is 2.15. The van der Waals surface area contributed by atoms with Crippen LogP contribution in [0.5, 0.6) is 0 Å². The first-order valence-electron chi connectivity index (χ1n) is 5.00. The van der Waals surface area contributed by atoms with Crippen molar-refractivity contribution >= 4 is 11.8 Å². The minimum Gasteiger partial charge on any atom is -0.389 e. The number of hydrogen-bond donors (Lipinski definition) is 1. The van der Waals surface area contributed by atoms with E-state index in [0.717, 1.165) is 11.3 Å². The van der Waals surface area contributed by atoms with Gasteiger partial charge in [0.2, 0.25) is 0 Å². The van der Waals surface area contributed by atoms with Gasteiger partial charge >= 0.3 is 0 Å². The van der Waals surface area contributed by atoms with Crippen molar-refractivity contribution in [3.05, 3.63) is 29.8 Å². The summed E-state index contributed by atoms with van der Waals surface area (Å²) in [7, 11) is 0. The number of hydrogen-bond acceptors (Lipinski definition) is 2. The van der Waals surface area contributed by atoms with Crippen LogP contribution < -0.4 is 0 Å². The highest BCUT2D eigenvalue weighted by molar-refractivity contribution is 7.99. The normalized spacial score (nSPS) is 13.2. The Morgan fingerprint density at radius 1 is 1.29 bits per heavy atom. The fourth-order valence-electron chi connectivity index (χ4n) is 1.13. The SMILES string of the molecule is CC(C)CSc1cccc(C(C)O)c1. The fourth-order valence-corrected chi connectivity index (χ4v) is 2.05. The molecule has 1 nitrogen and oxygen atoms in total. The van der Waals surface area contributed by atoms with Crippen molar-refractivity contribution in [2.24, 2.45) is 5.92 Å². The first kappa shape index (κ1) is 11.6. The monoisotopic (exact) mass is 210 g/mol. The van der Waals surface area contributed by atoms with Gasteiger partial charge in [-0.25, -0.2) is 0 Å². The third-order valence-corrected chi connectivity index (χ3v) is 3.34. The van der Waals surface area contributed by atoms with E-state index in [0.29, 0.717) is 5.92 Å². The summed E-state index contributed by atoms with van der Waals surface area (Å²) in [5.41, 5.74) is 0.999. The lowest BCUT2D eigenvalue weighted by Crippen LogP contribution is -1.93. The summed E-state index contributed by atoms with van der Waals surface area (Å²) in [6.45, 7) is 6.23. The van der Waals surface area contributed by atoms with Crippen molar-refractivity contribution in [1.82, 2.24) is 0 Å². The fraction of sp³-hybridized carbons (Fsp3) is 0.500. The topological polar surface area (TPSA) is 20.2 Å². The van der Waals surface area contributed by atoms with E-state index in [1.807, 2.05) is 23.9 Å². The summed E-state index contributed by atoms with van der Waals surface area (Å²) < 4.78 is 0. The van der Waals surface area contributed by atoms with Crippen molar-refractivity contribution in [2.75, 3.05) is 5.75 Å². The van der Waals surface area contributed by atoms with Crippen LogP contribution in [0.4, 0.5) is 0 Å². The Hall–Kier alpha value is -0.470. The van der Waals surface area contributed by atoms with Crippen LogP contribution in [0.1, 0.15) is 32.4 Å². The van der Waals surface area contributed by atoms with Crippen LogP contribution in [0.3, 0.4) is 0 Å². The summed E-state index contributed by atoms with van der Waals surface area (Å²) in [4.78, 5) is 1.25. The van der Waals surface area contributed by atoms with E-state index in [1.165, 1.54) is 4.90 Å². The lowest BCUT2D eigenvalue weighted by molar-refractivity contribution is 0.199. The molecule has 1 N–H and O–H groups in total. The van der Waals surface area contributed by atoms with Crippen LogP contribution in [0, 0.1) is 5.92 Å². The maximum atomic E-state index is 9.42. The van der Waals surface area contributed by atoms with Gasteiger partial charge in [0.25, 0.3) is 0 Å². The highest BCUT2D eigenvalue weighted by Gasteiger charge is 2.02. The molecule has 0 amide bonds. The zero-order valence-corrected chi connectivity index (χ0v) is 9.84. The Bertz CT molecular complexity index is 281. The van der Waals surface area contributed by atoms with Gasteiger partial charge in [-0.3, -0.25) is 0 Å².